The fourth-order valence-corrected chi connectivity index (χ4v) is 3.47. The van der Waals surface area contributed by atoms with Gasteiger partial charge in [-0.1, -0.05) is 64.2 Å². The van der Waals surface area contributed by atoms with Crippen LogP contribution in [0.25, 0.3) is 0 Å². The van der Waals surface area contributed by atoms with Crippen molar-refractivity contribution in [2.24, 2.45) is 5.73 Å². The van der Waals surface area contributed by atoms with E-state index in [-0.39, 0.29) is 5.91 Å². The Morgan fingerprint density at radius 3 is 1.50 bits per heavy atom. The molecule has 0 aromatic rings. The summed E-state index contributed by atoms with van der Waals surface area (Å²) in [6.07, 6.45) is 18.2. The number of nitrogens with zero attached hydrogens (tertiary/aromatic N) is 1. The van der Waals surface area contributed by atoms with Crippen molar-refractivity contribution in [3.05, 3.63) is 0 Å². The molecular weight excluding hydrogens is 300 g/mol. The van der Waals surface area contributed by atoms with Gasteiger partial charge in [-0.05, 0) is 25.7 Å². The lowest BCUT2D eigenvalue weighted by molar-refractivity contribution is -0.131. The molecule has 0 bridgehead atoms. The molecule has 140 valence electrons. The van der Waals surface area contributed by atoms with Crippen molar-refractivity contribution in [2.45, 2.75) is 103 Å². The van der Waals surface area contributed by atoms with Crippen molar-refractivity contribution in [1.82, 2.24) is 4.90 Å². The topological polar surface area (TPSA) is 63.4 Å². The van der Waals surface area contributed by atoms with Crippen molar-refractivity contribution < 1.29 is 9.59 Å². The van der Waals surface area contributed by atoms with Crippen LogP contribution in [0.5, 0.6) is 0 Å². The molecular formula is C20H38N2O2. The number of primary amides is 1. The number of amides is 2. The highest BCUT2D eigenvalue weighted by Crippen LogP contribution is 2.14. The lowest BCUT2D eigenvalue weighted by Gasteiger charge is -2.20. The third-order valence-corrected chi connectivity index (χ3v) is 5.02. The monoisotopic (exact) mass is 338 g/mol. The first-order valence-electron chi connectivity index (χ1n) is 10.3. The molecule has 24 heavy (non-hydrogen) atoms. The van der Waals surface area contributed by atoms with Gasteiger partial charge in [0, 0.05) is 25.9 Å². The predicted molar refractivity (Wildman–Crippen MR) is 99.6 cm³/mol. The summed E-state index contributed by atoms with van der Waals surface area (Å²) in [4.78, 5) is 24.8. The summed E-state index contributed by atoms with van der Waals surface area (Å²) in [6, 6.07) is 0. The molecule has 2 N–H and O–H groups in total. The highest BCUT2D eigenvalue weighted by molar-refractivity contribution is 5.76. The Labute approximate surface area is 148 Å². The second-order valence-corrected chi connectivity index (χ2v) is 7.30. The number of carbonyl (C=O) groups is 2. The van der Waals surface area contributed by atoms with E-state index in [1.165, 1.54) is 70.6 Å². The Balaban J connectivity index is 1.83. The molecule has 0 atom stereocenters. The van der Waals surface area contributed by atoms with E-state index in [2.05, 4.69) is 4.90 Å². The van der Waals surface area contributed by atoms with Gasteiger partial charge in [-0.2, -0.15) is 0 Å². The van der Waals surface area contributed by atoms with Crippen molar-refractivity contribution in [3.63, 3.8) is 0 Å². The summed E-state index contributed by atoms with van der Waals surface area (Å²) in [5.74, 6) is 0.206. The smallest absolute Gasteiger partial charge is 0.222 e. The van der Waals surface area contributed by atoms with E-state index in [1.54, 1.807) is 0 Å². The van der Waals surface area contributed by atoms with Crippen LogP contribution in [0.15, 0.2) is 0 Å². The molecule has 0 aliphatic carbocycles. The van der Waals surface area contributed by atoms with Gasteiger partial charge in [-0.15, -0.1) is 0 Å². The van der Waals surface area contributed by atoms with Gasteiger partial charge in [0.2, 0.25) is 11.8 Å². The molecule has 2 amide bonds. The number of carbonyl (C=O) groups excluding carboxylic acids is 2. The van der Waals surface area contributed by atoms with E-state index in [9.17, 15) is 9.59 Å². The zero-order valence-corrected chi connectivity index (χ0v) is 15.6. The minimum Gasteiger partial charge on any atom is -0.370 e. The van der Waals surface area contributed by atoms with Gasteiger partial charge in [0.05, 0.1) is 0 Å². The normalized spacial score (nSPS) is 15.2. The maximum atomic E-state index is 12.2. The fraction of sp³-hybridized carbons (Fsp3) is 0.900. The summed E-state index contributed by atoms with van der Waals surface area (Å²) in [5.41, 5.74) is 5.12. The zero-order chi connectivity index (χ0) is 17.5. The minimum absolute atomic E-state index is 0.177. The highest BCUT2D eigenvalue weighted by atomic mass is 16.2. The lowest BCUT2D eigenvalue weighted by Crippen LogP contribution is -2.31. The first-order valence-corrected chi connectivity index (χ1v) is 10.3. The molecule has 0 radical (unpaired) electrons. The molecule has 4 heteroatoms. The van der Waals surface area contributed by atoms with Crippen LogP contribution in [-0.2, 0) is 9.59 Å². The summed E-state index contributed by atoms with van der Waals surface area (Å²) in [6.45, 7) is 1.97. The van der Waals surface area contributed by atoms with Crippen LogP contribution < -0.4 is 5.73 Å². The summed E-state index contributed by atoms with van der Waals surface area (Å²) in [7, 11) is 0. The van der Waals surface area contributed by atoms with Crippen LogP contribution in [-0.4, -0.2) is 29.8 Å². The van der Waals surface area contributed by atoms with Crippen molar-refractivity contribution in [2.75, 3.05) is 13.1 Å². The molecule has 1 aliphatic rings. The molecule has 0 saturated carbocycles. The Morgan fingerprint density at radius 1 is 0.625 bits per heavy atom. The highest BCUT2D eigenvalue weighted by Gasteiger charge is 2.14. The fourth-order valence-electron chi connectivity index (χ4n) is 3.47. The Bertz CT molecular complexity index is 337. The van der Waals surface area contributed by atoms with Gasteiger partial charge >= 0.3 is 0 Å². The standard InChI is InChI=1S/C20H38N2O2/c21-19(23)15-11-7-5-3-1-2-4-6-8-12-16-20(24)22-17-13-9-10-14-18-22/h1-18H2,(H2,21,23). The van der Waals surface area contributed by atoms with Gasteiger partial charge in [0.1, 0.15) is 0 Å². The van der Waals surface area contributed by atoms with Crippen LogP contribution in [0.1, 0.15) is 103 Å². The molecule has 1 heterocycles. The largest absolute Gasteiger partial charge is 0.370 e. The number of likely N-dealkylation sites (tertiary alicyclic amines) is 1. The molecule has 1 rings (SSSR count). The van der Waals surface area contributed by atoms with Crippen LogP contribution >= 0.6 is 0 Å². The van der Waals surface area contributed by atoms with Crippen LogP contribution in [0.3, 0.4) is 0 Å². The maximum Gasteiger partial charge on any atom is 0.222 e. The molecule has 4 nitrogen and oxygen atoms in total. The lowest BCUT2D eigenvalue weighted by atomic mass is 10.0. The first-order chi connectivity index (χ1) is 11.7. The second kappa shape index (κ2) is 14.3. The molecule has 0 unspecified atom stereocenters. The zero-order valence-electron chi connectivity index (χ0n) is 15.6. The van der Waals surface area contributed by atoms with Gasteiger partial charge in [-0.25, -0.2) is 0 Å². The number of rotatable bonds is 13. The molecule has 0 aromatic carbocycles. The van der Waals surface area contributed by atoms with Crippen LogP contribution in [0, 0.1) is 0 Å². The number of nitrogens with two attached hydrogens (primary N) is 1. The van der Waals surface area contributed by atoms with Crippen molar-refractivity contribution >= 4 is 11.8 Å². The predicted octanol–water partition coefficient (Wildman–Crippen LogP) is 4.56. The average Bonchev–Trinajstić information content (AvgIpc) is 2.84. The number of unbranched alkanes of at least 4 members (excludes halogenated alkanes) is 9. The molecule has 1 aliphatic heterocycles. The van der Waals surface area contributed by atoms with E-state index in [1.807, 2.05) is 0 Å². The maximum absolute atomic E-state index is 12.2. The van der Waals surface area contributed by atoms with Gasteiger partial charge < -0.3 is 10.6 Å². The first kappa shape index (κ1) is 21.0. The van der Waals surface area contributed by atoms with Crippen molar-refractivity contribution in [3.8, 4) is 0 Å². The van der Waals surface area contributed by atoms with E-state index in [4.69, 9.17) is 5.73 Å². The Hall–Kier alpha value is -1.06. The van der Waals surface area contributed by atoms with Gasteiger partial charge in [0.15, 0.2) is 0 Å². The number of hydrogen-bond acceptors (Lipinski definition) is 2. The number of hydrogen-bond donors (Lipinski definition) is 1. The van der Waals surface area contributed by atoms with Gasteiger partial charge in [-0.3, -0.25) is 9.59 Å². The quantitative estimate of drug-likeness (QED) is 0.500. The summed E-state index contributed by atoms with van der Waals surface area (Å²) < 4.78 is 0. The van der Waals surface area contributed by atoms with Gasteiger partial charge in [0.25, 0.3) is 0 Å². The molecule has 1 saturated heterocycles. The third kappa shape index (κ3) is 11.5. The van der Waals surface area contributed by atoms with E-state index >= 15 is 0 Å². The molecule has 0 spiro atoms. The molecule has 1 fully saturated rings. The third-order valence-electron chi connectivity index (χ3n) is 5.02. The van der Waals surface area contributed by atoms with Crippen LogP contribution in [0.4, 0.5) is 0 Å². The summed E-state index contributed by atoms with van der Waals surface area (Å²) in [5, 5.41) is 0. The summed E-state index contributed by atoms with van der Waals surface area (Å²) >= 11 is 0. The van der Waals surface area contributed by atoms with E-state index < -0.39 is 0 Å². The van der Waals surface area contributed by atoms with E-state index in [0.29, 0.717) is 12.3 Å². The second-order valence-electron chi connectivity index (χ2n) is 7.30. The van der Waals surface area contributed by atoms with Crippen LogP contribution in [0.2, 0.25) is 0 Å². The average molecular weight is 339 g/mol. The Kier molecular flexibility index (Phi) is 12.5. The molecule has 0 aromatic heterocycles. The Morgan fingerprint density at radius 2 is 1.04 bits per heavy atom. The van der Waals surface area contributed by atoms with Crippen molar-refractivity contribution in [1.29, 1.82) is 0 Å². The SMILES string of the molecule is NC(=O)CCCCCCCCCCCCC(=O)N1CCCCCC1. The van der Waals surface area contributed by atoms with E-state index in [0.717, 1.165) is 38.8 Å². The minimum atomic E-state index is -0.177.